The molecular weight excluding hydrogens is 380 g/mol. The van der Waals surface area contributed by atoms with Crippen molar-refractivity contribution in [1.29, 1.82) is 0 Å². The van der Waals surface area contributed by atoms with E-state index in [-0.39, 0.29) is 5.91 Å². The normalized spacial score (nSPS) is 13.4. The first-order chi connectivity index (χ1) is 14.2. The Hall–Kier alpha value is -2.99. The van der Waals surface area contributed by atoms with E-state index < -0.39 is 0 Å². The number of hydrogen-bond acceptors (Lipinski definition) is 4. The fourth-order valence-electron chi connectivity index (χ4n) is 3.94. The maximum atomic E-state index is 12.6. The van der Waals surface area contributed by atoms with E-state index in [0.717, 1.165) is 34.7 Å². The van der Waals surface area contributed by atoms with Crippen LogP contribution in [0.3, 0.4) is 0 Å². The molecule has 6 heteroatoms. The minimum Gasteiger partial charge on any atom is -0.310 e. The standard InChI is InChI=1S/C23H22N4OS/c1-15-11-21(25-22(28)12-16-7-3-2-4-8-16)27(26-15)23-24-19-13-17-9-5-6-10-18(17)14-20(19)29-23/h2-4,7-8,11,13-14H,5-6,9-10,12H2,1H3,(H,25,28). The van der Waals surface area contributed by atoms with Gasteiger partial charge in [-0.05, 0) is 61.4 Å². The number of carbonyl (C=O) groups excluding carboxylic acids is 1. The Kier molecular flexibility index (Phi) is 4.64. The van der Waals surface area contributed by atoms with E-state index in [0.29, 0.717) is 12.2 Å². The van der Waals surface area contributed by atoms with Crippen molar-refractivity contribution in [2.24, 2.45) is 0 Å². The number of anilines is 1. The molecule has 0 bridgehead atoms. The minimum absolute atomic E-state index is 0.0612. The highest BCUT2D eigenvalue weighted by atomic mass is 32.1. The SMILES string of the molecule is Cc1cc(NC(=O)Cc2ccccc2)n(-c2nc3cc4c(cc3s2)CCCC4)n1. The lowest BCUT2D eigenvalue weighted by molar-refractivity contribution is -0.115. The summed E-state index contributed by atoms with van der Waals surface area (Å²) in [5.74, 6) is 0.598. The number of nitrogens with one attached hydrogen (secondary N) is 1. The monoisotopic (exact) mass is 402 g/mol. The van der Waals surface area contributed by atoms with Crippen molar-refractivity contribution < 1.29 is 4.79 Å². The molecule has 2 heterocycles. The molecular formula is C23H22N4OS. The Morgan fingerprint density at radius 1 is 1.10 bits per heavy atom. The van der Waals surface area contributed by atoms with Gasteiger partial charge >= 0.3 is 0 Å². The number of fused-ring (bicyclic) bond motifs is 2. The van der Waals surface area contributed by atoms with Crippen molar-refractivity contribution in [3.05, 3.63) is 70.9 Å². The third kappa shape index (κ3) is 3.68. The van der Waals surface area contributed by atoms with Crippen LogP contribution in [0.1, 0.15) is 35.2 Å². The third-order valence-electron chi connectivity index (χ3n) is 5.33. The van der Waals surface area contributed by atoms with Crippen LogP contribution in [0.5, 0.6) is 0 Å². The summed E-state index contributed by atoms with van der Waals surface area (Å²) in [6.07, 6.45) is 5.14. The Labute approximate surface area is 173 Å². The summed E-state index contributed by atoms with van der Waals surface area (Å²) in [6.45, 7) is 1.93. The molecule has 1 N–H and O–H groups in total. The average Bonchev–Trinajstić information content (AvgIpc) is 3.29. The van der Waals surface area contributed by atoms with Crippen LogP contribution in [0.2, 0.25) is 0 Å². The van der Waals surface area contributed by atoms with E-state index in [9.17, 15) is 4.79 Å². The maximum Gasteiger partial charge on any atom is 0.229 e. The van der Waals surface area contributed by atoms with Crippen molar-refractivity contribution in [2.45, 2.75) is 39.0 Å². The Morgan fingerprint density at radius 2 is 1.86 bits per heavy atom. The van der Waals surface area contributed by atoms with Crippen LogP contribution < -0.4 is 5.32 Å². The number of rotatable bonds is 4. The largest absolute Gasteiger partial charge is 0.310 e. The summed E-state index contributed by atoms with van der Waals surface area (Å²) in [6, 6.07) is 16.2. The second-order valence-electron chi connectivity index (χ2n) is 7.59. The van der Waals surface area contributed by atoms with Gasteiger partial charge in [0, 0.05) is 6.07 Å². The zero-order chi connectivity index (χ0) is 19.8. The molecule has 0 fully saturated rings. The van der Waals surface area contributed by atoms with Crippen LogP contribution in [0.15, 0.2) is 48.5 Å². The third-order valence-corrected chi connectivity index (χ3v) is 6.32. The highest BCUT2D eigenvalue weighted by Crippen LogP contribution is 2.32. The first kappa shape index (κ1) is 18.1. The maximum absolute atomic E-state index is 12.6. The lowest BCUT2D eigenvalue weighted by atomic mass is 9.92. The predicted octanol–water partition coefficient (Wildman–Crippen LogP) is 4.85. The van der Waals surface area contributed by atoms with E-state index in [4.69, 9.17) is 4.98 Å². The Balaban J connectivity index is 1.45. The van der Waals surface area contributed by atoms with E-state index in [1.165, 1.54) is 28.7 Å². The predicted molar refractivity (Wildman–Crippen MR) is 117 cm³/mol. The fourth-order valence-corrected chi connectivity index (χ4v) is 4.91. The minimum atomic E-state index is -0.0612. The lowest BCUT2D eigenvalue weighted by Gasteiger charge is -2.14. The molecule has 0 unspecified atom stereocenters. The van der Waals surface area contributed by atoms with Gasteiger partial charge in [0.15, 0.2) is 0 Å². The van der Waals surface area contributed by atoms with Crippen LogP contribution in [0.25, 0.3) is 15.3 Å². The summed E-state index contributed by atoms with van der Waals surface area (Å²) >= 11 is 1.62. The summed E-state index contributed by atoms with van der Waals surface area (Å²) in [5, 5.41) is 8.37. The van der Waals surface area contributed by atoms with Gasteiger partial charge in [-0.2, -0.15) is 9.78 Å². The zero-order valence-electron chi connectivity index (χ0n) is 16.3. The van der Waals surface area contributed by atoms with Gasteiger partial charge in [0.1, 0.15) is 5.82 Å². The van der Waals surface area contributed by atoms with Crippen molar-refractivity contribution >= 4 is 33.3 Å². The molecule has 4 aromatic rings. The number of amides is 1. The molecule has 1 aliphatic rings. The number of carbonyl (C=O) groups is 1. The summed E-state index contributed by atoms with van der Waals surface area (Å²) in [4.78, 5) is 17.4. The van der Waals surface area contributed by atoms with Crippen LogP contribution in [0, 0.1) is 6.92 Å². The van der Waals surface area contributed by atoms with E-state index in [2.05, 4.69) is 22.5 Å². The van der Waals surface area contributed by atoms with E-state index in [1.54, 1.807) is 16.0 Å². The van der Waals surface area contributed by atoms with Gasteiger partial charge in [-0.15, -0.1) is 0 Å². The summed E-state index contributed by atoms with van der Waals surface area (Å²) in [7, 11) is 0. The van der Waals surface area contributed by atoms with Gasteiger partial charge < -0.3 is 5.32 Å². The van der Waals surface area contributed by atoms with Gasteiger partial charge in [0.25, 0.3) is 0 Å². The second kappa shape index (κ2) is 7.44. The van der Waals surface area contributed by atoms with Crippen LogP contribution in [-0.4, -0.2) is 20.7 Å². The fraction of sp³-hybridized carbons (Fsp3) is 0.261. The van der Waals surface area contributed by atoms with Gasteiger partial charge in [-0.25, -0.2) is 4.98 Å². The molecule has 0 saturated heterocycles. The first-order valence-corrected chi connectivity index (χ1v) is 10.8. The highest BCUT2D eigenvalue weighted by Gasteiger charge is 2.17. The van der Waals surface area contributed by atoms with Crippen molar-refractivity contribution in [2.75, 3.05) is 5.32 Å². The Morgan fingerprint density at radius 3 is 2.66 bits per heavy atom. The van der Waals surface area contributed by atoms with Crippen molar-refractivity contribution in [3.63, 3.8) is 0 Å². The summed E-state index contributed by atoms with van der Waals surface area (Å²) in [5.41, 5.74) is 5.72. The molecule has 0 atom stereocenters. The van der Waals surface area contributed by atoms with Crippen LogP contribution in [-0.2, 0) is 24.1 Å². The van der Waals surface area contributed by atoms with Gasteiger partial charge in [0.05, 0.1) is 22.3 Å². The summed E-state index contributed by atoms with van der Waals surface area (Å²) < 4.78 is 2.93. The van der Waals surface area contributed by atoms with Gasteiger partial charge in [0.2, 0.25) is 11.0 Å². The molecule has 0 aliphatic heterocycles. The van der Waals surface area contributed by atoms with Crippen molar-refractivity contribution in [3.8, 4) is 5.13 Å². The Bertz CT molecular complexity index is 1150. The average molecular weight is 403 g/mol. The zero-order valence-corrected chi connectivity index (χ0v) is 17.1. The first-order valence-electron chi connectivity index (χ1n) is 9.99. The van der Waals surface area contributed by atoms with Gasteiger partial charge in [-0.1, -0.05) is 41.7 Å². The number of aryl methyl sites for hydroxylation is 3. The molecule has 29 heavy (non-hydrogen) atoms. The lowest BCUT2D eigenvalue weighted by Crippen LogP contribution is -2.17. The van der Waals surface area contributed by atoms with Crippen molar-refractivity contribution in [1.82, 2.24) is 14.8 Å². The van der Waals surface area contributed by atoms with Crippen LogP contribution >= 0.6 is 11.3 Å². The molecule has 0 saturated carbocycles. The molecule has 1 aliphatic carbocycles. The molecule has 5 nitrogen and oxygen atoms in total. The second-order valence-corrected chi connectivity index (χ2v) is 8.59. The smallest absolute Gasteiger partial charge is 0.229 e. The number of nitrogens with zero attached hydrogens (tertiary/aromatic N) is 3. The highest BCUT2D eigenvalue weighted by molar-refractivity contribution is 7.20. The molecule has 0 spiro atoms. The molecule has 146 valence electrons. The number of thiazole rings is 1. The topological polar surface area (TPSA) is 59.8 Å². The van der Waals surface area contributed by atoms with E-state index >= 15 is 0 Å². The molecule has 2 aromatic carbocycles. The number of hydrogen-bond donors (Lipinski definition) is 1. The van der Waals surface area contributed by atoms with Gasteiger partial charge in [-0.3, -0.25) is 4.79 Å². The quantitative estimate of drug-likeness (QED) is 0.531. The molecule has 2 aromatic heterocycles. The number of aromatic nitrogens is 3. The molecule has 5 rings (SSSR count). The molecule has 0 radical (unpaired) electrons. The van der Waals surface area contributed by atoms with Crippen LogP contribution in [0.4, 0.5) is 5.82 Å². The molecule has 1 amide bonds. The van der Waals surface area contributed by atoms with E-state index in [1.807, 2.05) is 43.3 Å². The number of benzene rings is 2.